The molecule has 0 radical (unpaired) electrons. The minimum Gasteiger partial charge on any atom is -0.196 e. The average molecular weight is 106 g/mol. The van der Waals surface area contributed by atoms with Crippen LogP contribution in [0.15, 0.2) is 20.6 Å². The molecular weight excluding hydrogens is 96.4 g/mol. The Balaban J connectivity index is 3.32. The van der Waals surface area contributed by atoms with Crippen LogP contribution >= 0.6 is 0 Å². The SMILES string of the molecule is C=[C](C)[Mg][C](=C)C. The first kappa shape index (κ1) is 7.25. The summed E-state index contributed by atoms with van der Waals surface area (Å²) >= 11 is -0.108. The molecule has 0 atom stereocenters. The third kappa shape index (κ3) is 6.25. The normalized spacial score (nSPS) is 7.14. The van der Waals surface area contributed by atoms with E-state index >= 15 is 0 Å². The molecule has 0 heterocycles. The van der Waals surface area contributed by atoms with Crippen molar-refractivity contribution in [3.8, 4) is 0 Å². The fraction of sp³-hybridized carbons (Fsp3) is 0.333. The summed E-state index contributed by atoms with van der Waals surface area (Å²) in [7, 11) is 0. The highest BCUT2D eigenvalue weighted by Gasteiger charge is 1.91. The van der Waals surface area contributed by atoms with E-state index in [4.69, 9.17) is 0 Å². The van der Waals surface area contributed by atoms with Crippen LogP contribution in [0.5, 0.6) is 0 Å². The molecule has 0 nitrogen and oxygen atoms in total. The molecule has 0 unspecified atom stereocenters. The Hall–Kier alpha value is 0.246. The zero-order chi connectivity index (χ0) is 5.86. The molecule has 0 aromatic rings. The van der Waals surface area contributed by atoms with E-state index in [1.807, 2.05) is 0 Å². The lowest BCUT2D eigenvalue weighted by atomic mass is 10.7. The van der Waals surface area contributed by atoms with Crippen molar-refractivity contribution in [2.24, 2.45) is 0 Å². The Bertz CT molecular complexity index is 80.4. The molecule has 0 fully saturated rings. The van der Waals surface area contributed by atoms with Gasteiger partial charge in [-0.05, 0) is 0 Å². The van der Waals surface area contributed by atoms with Crippen molar-refractivity contribution in [2.45, 2.75) is 13.8 Å². The van der Waals surface area contributed by atoms with Gasteiger partial charge in [0, 0.05) is 0 Å². The summed E-state index contributed by atoms with van der Waals surface area (Å²) in [4.78, 5) is 0. The van der Waals surface area contributed by atoms with E-state index in [2.05, 4.69) is 27.0 Å². The Morgan fingerprint density at radius 3 is 1.43 bits per heavy atom. The molecule has 0 aliphatic carbocycles. The lowest BCUT2D eigenvalue weighted by molar-refractivity contribution is 1.63. The minimum atomic E-state index is -0.108. The minimum absolute atomic E-state index is 0.108. The first-order valence-corrected chi connectivity index (χ1v) is 3.83. The third-order valence-corrected chi connectivity index (χ3v) is 1.81. The highest BCUT2D eigenvalue weighted by molar-refractivity contribution is 6.53. The summed E-state index contributed by atoms with van der Waals surface area (Å²) < 4.78 is 2.65. The Morgan fingerprint density at radius 1 is 1.14 bits per heavy atom. The molecule has 0 aromatic carbocycles. The predicted octanol–water partition coefficient (Wildman–Crippen LogP) is 1.76. The number of hydrogen-bond acceptors (Lipinski definition) is 0. The standard InChI is InChI=1S/2C3H5.Mg/c2*1-3-2;/h2*1H2,2H3;. The maximum absolute atomic E-state index is 3.80. The maximum Gasteiger partial charge on any atom is 0.434 e. The van der Waals surface area contributed by atoms with Crippen LogP contribution in [0.3, 0.4) is 0 Å². The fourth-order valence-corrected chi connectivity index (χ4v) is 1.55. The van der Waals surface area contributed by atoms with Gasteiger partial charge in [-0.1, -0.05) is 13.8 Å². The van der Waals surface area contributed by atoms with E-state index in [1.165, 1.54) is 7.40 Å². The first-order valence-electron chi connectivity index (χ1n) is 2.41. The lowest BCUT2D eigenvalue weighted by Crippen LogP contribution is -1.90. The number of rotatable bonds is 2. The van der Waals surface area contributed by atoms with Gasteiger partial charge in [0.15, 0.2) is 0 Å². The summed E-state index contributed by atoms with van der Waals surface area (Å²) in [5, 5.41) is 0. The third-order valence-electron chi connectivity index (χ3n) is 0.604. The van der Waals surface area contributed by atoms with Crippen molar-refractivity contribution >= 4 is 20.4 Å². The van der Waals surface area contributed by atoms with E-state index in [0.717, 1.165) is 0 Å². The average Bonchev–Trinajstić information content (AvgIpc) is 1.27. The van der Waals surface area contributed by atoms with Crippen LogP contribution in [0.25, 0.3) is 0 Å². The van der Waals surface area contributed by atoms with Crippen molar-refractivity contribution in [1.82, 2.24) is 0 Å². The van der Waals surface area contributed by atoms with Crippen molar-refractivity contribution in [2.75, 3.05) is 0 Å². The van der Waals surface area contributed by atoms with Gasteiger partial charge in [0.1, 0.15) is 0 Å². The van der Waals surface area contributed by atoms with Gasteiger partial charge in [0.25, 0.3) is 0 Å². The topological polar surface area (TPSA) is 0 Å². The Labute approximate surface area is 55.0 Å². The van der Waals surface area contributed by atoms with Gasteiger partial charge in [-0.2, -0.15) is 7.40 Å². The van der Waals surface area contributed by atoms with Crippen molar-refractivity contribution < 1.29 is 0 Å². The van der Waals surface area contributed by atoms with Gasteiger partial charge >= 0.3 is 20.4 Å². The predicted molar refractivity (Wildman–Crippen MR) is 35.4 cm³/mol. The summed E-state index contributed by atoms with van der Waals surface area (Å²) in [5.41, 5.74) is 0. The van der Waals surface area contributed by atoms with Crippen molar-refractivity contribution in [3.63, 3.8) is 0 Å². The van der Waals surface area contributed by atoms with Gasteiger partial charge in [-0.15, -0.1) is 13.2 Å². The second-order valence-electron chi connectivity index (χ2n) is 2.09. The molecule has 0 saturated carbocycles. The van der Waals surface area contributed by atoms with Crippen LogP contribution in [0, 0.1) is 0 Å². The van der Waals surface area contributed by atoms with Crippen LogP contribution in [-0.4, -0.2) is 20.4 Å². The van der Waals surface area contributed by atoms with Crippen LogP contribution in [0.1, 0.15) is 13.8 Å². The van der Waals surface area contributed by atoms with Gasteiger partial charge in [0.05, 0.1) is 0 Å². The van der Waals surface area contributed by atoms with Gasteiger partial charge in [-0.25, -0.2) is 0 Å². The zero-order valence-electron chi connectivity index (χ0n) is 5.12. The molecule has 0 bridgehead atoms. The Morgan fingerprint density at radius 2 is 1.43 bits per heavy atom. The summed E-state index contributed by atoms with van der Waals surface area (Å²) in [6.45, 7) is 11.7. The molecule has 7 heavy (non-hydrogen) atoms. The molecule has 0 amide bonds. The molecular formula is C6H10Mg. The Kier molecular flexibility index (Phi) is 3.39. The molecule has 36 valence electrons. The van der Waals surface area contributed by atoms with Crippen LogP contribution in [-0.2, 0) is 0 Å². The molecule has 0 aliphatic rings. The van der Waals surface area contributed by atoms with E-state index in [-0.39, 0.29) is 20.4 Å². The molecule has 0 saturated heterocycles. The smallest absolute Gasteiger partial charge is 0.196 e. The second kappa shape index (κ2) is 3.27. The molecule has 0 aliphatic heterocycles. The van der Waals surface area contributed by atoms with E-state index in [1.54, 1.807) is 0 Å². The monoisotopic (exact) mass is 106 g/mol. The van der Waals surface area contributed by atoms with Crippen molar-refractivity contribution in [3.05, 3.63) is 20.6 Å². The van der Waals surface area contributed by atoms with Crippen LogP contribution in [0.2, 0.25) is 0 Å². The molecule has 0 aromatic heterocycles. The van der Waals surface area contributed by atoms with Gasteiger partial charge < -0.3 is 0 Å². The highest BCUT2D eigenvalue weighted by Crippen LogP contribution is 1.90. The van der Waals surface area contributed by atoms with Gasteiger partial charge in [-0.3, -0.25) is 0 Å². The zero-order valence-corrected chi connectivity index (χ0v) is 6.54. The first-order chi connectivity index (χ1) is 3.13. The van der Waals surface area contributed by atoms with Crippen LogP contribution < -0.4 is 0 Å². The summed E-state index contributed by atoms with van der Waals surface area (Å²) in [5.74, 6) is 0. The fourth-order valence-electron chi connectivity index (χ4n) is 0.515. The molecule has 0 spiro atoms. The van der Waals surface area contributed by atoms with Crippen molar-refractivity contribution in [1.29, 1.82) is 0 Å². The van der Waals surface area contributed by atoms with E-state index < -0.39 is 0 Å². The molecule has 1 heteroatoms. The largest absolute Gasteiger partial charge is 0.434 e. The number of allylic oxidation sites excluding steroid dienone is 2. The summed E-state index contributed by atoms with van der Waals surface area (Å²) in [6.07, 6.45) is 0. The number of hydrogen-bond donors (Lipinski definition) is 0. The quantitative estimate of drug-likeness (QED) is 0.471. The highest BCUT2D eigenvalue weighted by atomic mass is 24.5. The van der Waals surface area contributed by atoms with Gasteiger partial charge in [0.2, 0.25) is 0 Å². The van der Waals surface area contributed by atoms with Crippen LogP contribution in [0.4, 0.5) is 0 Å². The van der Waals surface area contributed by atoms with E-state index in [9.17, 15) is 0 Å². The summed E-state index contributed by atoms with van der Waals surface area (Å²) in [6, 6.07) is 0. The molecule has 0 N–H and O–H groups in total. The van der Waals surface area contributed by atoms with E-state index in [0.29, 0.717) is 0 Å². The lowest BCUT2D eigenvalue weighted by Gasteiger charge is -1.89. The molecule has 0 rings (SSSR count). The second-order valence-corrected chi connectivity index (χ2v) is 4.86. The maximum atomic E-state index is 3.80.